The lowest BCUT2D eigenvalue weighted by atomic mass is 9.90. The van der Waals surface area contributed by atoms with Gasteiger partial charge in [-0.25, -0.2) is 9.37 Å². The SMILES string of the molecule is CC(C)(C)c1nc2ccc(F)cn2c1CN1CCNCC1. The monoisotopic (exact) mass is 290 g/mol. The quantitative estimate of drug-likeness (QED) is 0.920. The minimum Gasteiger partial charge on any atom is -0.314 e. The summed E-state index contributed by atoms with van der Waals surface area (Å²) < 4.78 is 15.5. The molecular formula is C16H23FN4. The Morgan fingerprint density at radius 1 is 1.24 bits per heavy atom. The fourth-order valence-electron chi connectivity index (χ4n) is 2.90. The summed E-state index contributed by atoms with van der Waals surface area (Å²) in [5.74, 6) is -0.220. The van der Waals surface area contributed by atoms with Crippen molar-refractivity contribution in [2.45, 2.75) is 32.7 Å². The molecule has 3 rings (SSSR count). The summed E-state index contributed by atoms with van der Waals surface area (Å²) in [5, 5.41) is 3.36. The van der Waals surface area contributed by atoms with Gasteiger partial charge in [0.05, 0.1) is 11.4 Å². The average Bonchev–Trinajstić information content (AvgIpc) is 2.78. The van der Waals surface area contributed by atoms with Gasteiger partial charge in [-0.2, -0.15) is 0 Å². The first kappa shape index (κ1) is 14.5. The molecule has 21 heavy (non-hydrogen) atoms. The van der Waals surface area contributed by atoms with Crippen LogP contribution in [-0.2, 0) is 12.0 Å². The number of aromatic nitrogens is 2. The van der Waals surface area contributed by atoms with Crippen molar-refractivity contribution in [3.63, 3.8) is 0 Å². The highest BCUT2D eigenvalue weighted by atomic mass is 19.1. The number of piperazine rings is 1. The summed E-state index contributed by atoms with van der Waals surface area (Å²) in [7, 11) is 0. The minimum absolute atomic E-state index is 0.0497. The predicted molar refractivity (Wildman–Crippen MR) is 82.0 cm³/mol. The Labute approximate surface area is 125 Å². The summed E-state index contributed by atoms with van der Waals surface area (Å²) >= 11 is 0. The number of nitrogens with one attached hydrogen (secondary N) is 1. The highest BCUT2D eigenvalue weighted by Crippen LogP contribution is 2.27. The molecule has 0 atom stereocenters. The van der Waals surface area contributed by atoms with E-state index in [0.717, 1.165) is 49.8 Å². The Morgan fingerprint density at radius 2 is 1.95 bits per heavy atom. The van der Waals surface area contributed by atoms with Crippen LogP contribution >= 0.6 is 0 Å². The van der Waals surface area contributed by atoms with Crippen molar-refractivity contribution in [3.05, 3.63) is 35.5 Å². The molecule has 1 N–H and O–H groups in total. The van der Waals surface area contributed by atoms with E-state index in [0.29, 0.717) is 0 Å². The zero-order valence-corrected chi connectivity index (χ0v) is 13.0. The number of rotatable bonds is 2. The normalized spacial score (nSPS) is 17.5. The Bertz CT molecular complexity index is 635. The van der Waals surface area contributed by atoms with E-state index in [1.54, 1.807) is 12.3 Å². The highest BCUT2D eigenvalue weighted by molar-refractivity contribution is 5.45. The number of pyridine rings is 1. The van der Waals surface area contributed by atoms with Crippen molar-refractivity contribution >= 4 is 5.65 Å². The van der Waals surface area contributed by atoms with Gasteiger partial charge < -0.3 is 5.32 Å². The van der Waals surface area contributed by atoms with E-state index in [1.807, 2.05) is 4.40 Å². The van der Waals surface area contributed by atoms with Crippen LogP contribution in [0.3, 0.4) is 0 Å². The first-order chi connectivity index (χ1) is 9.95. The van der Waals surface area contributed by atoms with Gasteiger partial charge in [0.1, 0.15) is 11.5 Å². The lowest BCUT2D eigenvalue weighted by Crippen LogP contribution is -2.43. The third-order valence-electron chi connectivity index (χ3n) is 3.97. The topological polar surface area (TPSA) is 32.6 Å². The smallest absolute Gasteiger partial charge is 0.139 e. The number of fused-ring (bicyclic) bond motifs is 1. The van der Waals surface area contributed by atoms with Crippen molar-refractivity contribution in [1.82, 2.24) is 19.6 Å². The molecule has 3 heterocycles. The molecule has 0 saturated carbocycles. The van der Waals surface area contributed by atoms with Gasteiger partial charge in [-0.1, -0.05) is 20.8 Å². The van der Waals surface area contributed by atoms with Crippen LogP contribution in [-0.4, -0.2) is 40.5 Å². The zero-order valence-electron chi connectivity index (χ0n) is 13.0. The number of nitrogens with zero attached hydrogens (tertiary/aromatic N) is 3. The average molecular weight is 290 g/mol. The first-order valence-corrected chi connectivity index (χ1v) is 7.55. The lowest BCUT2D eigenvalue weighted by molar-refractivity contribution is 0.228. The van der Waals surface area contributed by atoms with Gasteiger partial charge in [-0.05, 0) is 12.1 Å². The van der Waals surface area contributed by atoms with E-state index < -0.39 is 0 Å². The Kier molecular flexibility index (Phi) is 3.71. The molecule has 1 aliphatic rings. The van der Waals surface area contributed by atoms with Crippen LogP contribution in [0.25, 0.3) is 5.65 Å². The summed E-state index contributed by atoms with van der Waals surface area (Å²) in [6, 6.07) is 3.23. The van der Waals surface area contributed by atoms with Crippen LogP contribution in [0.1, 0.15) is 32.2 Å². The second-order valence-electron chi connectivity index (χ2n) is 6.76. The first-order valence-electron chi connectivity index (χ1n) is 7.55. The Morgan fingerprint density at radius 3 is 2.62 bits per heavy atom. The summed E-state index contributed by atoms with van der Waals surface area (Å²) in [4.78, 5) is 7.15. The maximum absolute atomic E-state index is 13.6. The van der Waals surface area contributed by atoms with Crippen LogP contribution in [0, 0.1) is 5.82 Å². The van der Waals surface area contributed by atoms with Gasteiger partial charge >= 0.3 is 0 Å². The number of hydrogen-bond donors (Lipinski definition) is 1. The number of halogens is 1. The Hall–Kier alpha value is -1.46. The van der Waals surface area contributed by atoms with Crippen molar-refractivity contribution in [1.29, 1.82) is 0 Å². The molecule has 5 heteroatoms. The molecule has 0 unspecified atom stereocenters. The van der Waals surface area contributed by atoms with Crippen molar-refractivity contribution < 1.29 is 4.39 Å². The van der Waals surface area contributed by atoms with Crippen LogP contribution in [0.4, 0.5) is 4.39 Å². The zero-order chi connectivity index (χ0) is 15.0. The van der Waals surface area contributed by atoms with Gasteiger partial charge in [-0.3, -0.25) is 9.30 Å². The molecule has 4 nitrogen and oxygen atoms in total. The fourth-order valence-corrected chi connectivity index (χ4v) is 2.90. The predicted octanol–water partition coefficient (Wildman–Crippen LogP) is 2.18. The van der Waals surface area contributed by atoms with Crippen LogP contribution in [0.5, 0.6) is 0 Å². The number of hydrogen-bond acceptors (Lipinski definition) is 3. The number of imidazole rings is 1. The molecule has 0 aromatic carbocycles. The van der Waals surface area contributed by atoms with Crippen LogP contribution in [0.15, 0.2) is 18.3 Å². The molecule has 0 radical (unpaired) electrons. The molecule has 1 fully saturated rings. The van der Waals surface area contributed by atoms with E-state index in [-0.39, 0.29) is 11.2 Å². The summed E-state index contributed by atoms with van der Waals surface area (Å²) in [6.45, 7) is 11.4. The Balaban J connectivity index is 2.05. The summed E-state index contributed by atoms with van der Waals surface area (Å²) in [6.07, 6.45) is 1.55. The second kappa shape index (κ2) is 5.39. The fraction of sp³-hybridized carbons (Fsp3) is 0.562. The standard InChI is InChI=1S/C16H23FN4/c1-16(2,3)15-13(11-20-8-6-18-7-9-20)21-10-12(17)4-5-14(21)19-15/h4-5,10,18H,6-9,11H2,1-3H3. The minimum atomic E-state index is -0.220. The van der Waals surface area contributed by atoms with Gasteiger partial charge in [0, 0.05) is 44.3 Å². The van der Waals surface area contributed by atoms with Crippen molar-refractivity contribution in [3.8, 4) is 0 Å². The van der Waals surface area contributed by atoms with E-state index in [9.17, 15) is 4.39 Å². The van der Waals surface area contributed by atoms with Gasteiger partial charge in [0.2, 0.25) is 0 Å². The molecule has 0 amide bonds. The molecule has 1 aliphatic heterocycles. The van der Waals surface area contributed by atoms with Gasteiger partial charge in [0.15, 0.2) is 0 Å². The molecule has 1 saturated heterocycles. The largest absolute Gasteiger partial charge is 0.314 e. The molecule has 2 aromatic rings. The van der Waals surface area contributed by atoms with Gasteiger partial charge in [0.25, 0.3) is 0 Å². The second-order valence-corrected chi connectivity index (χ2v) is 6.76. The molecule has 0 aliphatic carbocycles. The van der Waals surface area contributed by atoms with E-state index in [4.69, 9.17) is 4.98 Å². The summed E-state index contributed by atoms with van der Waals surface area (Å²) in [5.41, 5.74) is 2.95. The molecule has 2 aromatic heterocycles. The van der Waals surface area contributed by atoms with Crippen LogP contribution < -0.4 is 5.32 Å². The maximum atomic E-state index is 13.6. The molecular weight excluding hydrogens is 267 g/mol. The van der Waals surface area contributed by atoms with Crippen molar-refractivity contribution in [2.24, 2.45) is 0 Å². The molecule has 0 spiro atoms. The molecule has 0 bridgehead atoms. The lowest BCUT2D eigenvalue weighted by Gasteiger charge is -2.28. The maximum Gasteiger partial charge on any atom is 0.139 e. The van der Waals surface area contributed by atoms with Crippen LogP contribution in [0.2, 0.25) is 0 Å². The van der Waals surface area contributed by atoms with E-state index in [2.05, 4.69) is 31.0 Å². The van der Waals surface area contributed by atoms with E-state index in [1.165, 1.54) is 6.07 Å². The highest BCUT2D eigenvalue weighted by Gasteiger charge is 2.25. The van der Waals surface area contributed by atoms with Gasteiger partial charge in [-0.15, -0.1) is 0 Å². The van der Waals surface area contributed by atoms with E-state index >= 15 is 0 Å². The molecule has 114 valence electrons. The van der Waals surface area contributed by atoms with Crippen molar-refractivity contribution in [2.75, 3.05) is 26.2 Å². The third kappa shape index (κ3) is 2.94. The third-order valence-corrected chi connectivity index (χ3v) is 3.97.